The van der Waals surface area contributed by atoms with Gasteiger partial charge in [-0.3, -0.25) is 4.79 Å². The van der Waals surface area contributed by atoms with Crippen LogP contribution in [0.2, 0.25) is 0 Å². The quantitative estimate of drug-likeness (QED) is 0.566. The van der Waals surface area contributed by atoms with Gasteiger partial charge in [0.15, 0.2) is 0 Å². The molecule has 3 nitrogen and oxygen atoms in total. The second-order valence-corrected chi connectivity index (χ2v) is 2.53. The highest BCUT2D eigenvalue weighted by molar-refractivity contribution is 5.78. The minimum Gasteiger partial charge on any atom is -0.362 e. The number of hydrogen-bond acceptors (Lipinski definition) is 2. The van der Waals surface area contributed by atoms with E-state index in [9.17, 15) is 4.79 Å². The molecule has 0 radical (unpaired) electrons. The molecule has 0 N–H and O–H groups in total. The Morgan fingerprint density at radius 2 is 2.40 bits per heavy atom. The highest BCUT2D eigenvalue weighted by atomic mass is 16.5. The lowest BCUT2D eigenvalue weighted by Crippen LogP contribution is -2.35. The molecule has 1 amide bonds. The number of methoxy groups -OCH3 is 1. The third-order valence-electron chi connectivity index (χ3n) is 1.89. The first-order valence-corrected chi connectivity index (χ1v) is 3.58. The summed E-state index contributed by atoms with van der Waals surface area (Å²) >= 11 is 0. The van der Waals surface area contributed by atoms with Crippen molar-refractivity contribution >= 4 is 5.91 Å². The van der Waals surface area contributed by atoms with Gasteiger partial charge < -0.3 is 9.64 Å². The average molecular weight is 143 g/mol. The number of rotatable bonds is 2. The summed E-state index contributed by atoms with van der Waals surface area (Å²) < 4.78 is 5.01. The first-order valence-electron chi connectivity index (χ1n) is 3.58. The Bertz CT molecular complexity index is 136. The van der Waals surface area contributed by atoms with E-state index in [2.05, 4.69) is 0 Å². The molecule has 1 saturated heterocycles. The third-order valence-corrected chi connectivity index (χ3v) is 1.89. The molecule has 0 aromatic heterocycles. The number of carbonyl (C=O) groups is 1. The van der Waals surface area contributed by atoms with Gasteiger partial charge >= 0.3 is 0 Å². The van der Waals surface area contributed by atoms with Crippen LogP contribution in [0, 0.1) is 0 Å². The number of likely N-dealkylation sites (tertiary alicyclic amines) is 1. The van der Waals surface area contributed by atoms with E-state index in [0.29, 0.717) is 6.42 Å². The number of ether oxygens (including phenoxy) is 1. The second kappa shape index (κ2) is 3.01. The molecular formula is C7H13NO2. The molecule has 10 heavy (non-hydrogen) atoms. The first-order chi connectivity index (χ1) is 4.75. The van der Waals surface area contributed by atoms with E-state index in [-0.39, 0.29) is 12.1 Å². The van der Waals surface area contributed by atoms with Gasteiger partial charge in [-0.25, -0.2) is 0 Å². The molecule has 0 aromatic carbocycles. The fourth-order valence-corrected chi connectivity index (χ4v) is 1.18. The molecule has 0 spiro atoms. The number of carbonyl (C=O) groups excluding carboxylic acids is 1. The maximum atomic E-state index is 11.0. The summed E-state index contributed by atoms with van der Waals surface area (Å²) in [5.74, 6) is 0.217. The van der Waals surface area contributed by atoms with Crippen molar-refractivity contribution in [3.8, 4) is 0 Å². The Morgan fingerprint density at radius 1 is 1.70 bits per heavy atom. The third kappa shape index (κ3) is 1.29. The lowest BCUT2D eigenvalue weighted by molar-refractivity contribution is -0.137. The van der Waals surface area contributed by atoms with Crippen molar-refractivity contribution in [1.82, 2.24) is 4.90 Å². The van der Waals surface area contributed by atoms with Crippen LogP contribution in [-0.2, 0) is 9.53 Å². The lowest BCUT2D eigenvalue weighted by atomic mass is 10.4. The Balaban J connectivity index is 2.46. The SMILES string of the molecule is COC(C)N1CCCC1=O. The van der Waals surface area contributed by atoms with Gasteiger partial charge in [0, 0.05) is 20.1 Å². The predicted molar refractivity (Wildman–Crippen MR) is 37.4 cm³/mol. The molecule has 58 valence electrons. The lowest BCUT2D eigenvalue weighted by Gasteiger charge is -2.22. The molecule has 0 bridgehead atoms. The monoisotopic (exact) mass is 143 g/mol. The molecule has 1 atom stereocenters. The van der Waals surface area contributed by atoms with Crippen molar-refractivity contribution in [2.24, 2.45) is 0 Å². The van der Waals surface area contributed by atoms with Gasteiger partial charge in [0.2, 0.25) is 5.91 Å². The fourth-order valence-electron chi connectivity index (χ4n) is 1.18. The van der Waals surface area contributed by atoms with Gasteiger partial charge in [-0.2, -0.15) is 0 Å². The zero-order valence-electron chi connectivity index (χ0n) is 6.46. The van der Waals surface area contributed by atoms with Crippen molar-refractivity contribution < 1.29 is 9.53 Å². The molecule has 1 fully saturated rings. The molecule has 1 unspecified atom stereocenters. The smallest absolute Gasteiger partial charge is 0.224 e. The van der Waals surface area contributed by atoms with Gasteiger partial charge in [0.05, 0.1) is 0 Å². The van der Waals surface area contributed by atoms with E-state index in [1.807, 2.05) is 6.92 Å². The van der Waals surface area contributed by atoms with Gasteiger partial charge in [-0.15, -0.1) is 0 Å². The molecule has 3 heteroatoms. The molecule has 1 aliphatic heterocycles. The Hall–Kier alpha value is -0.570. The van der Waals surface area contributed by atoms with Crippen LogP contribution in [0.5, 0.6) is 0 Å². The summed E-state index contributed by atoms with van der Waals surface area (Å²) in [7, 11) is 1.62. The molecule has 0 saturated carbocycles. The molecule has 1 heterocycles. The molecule has 0 aliphatic carbocycles. The Morgan fingerprint density at radius 3 is 2.80 bits per heavy atom. The largest absolute Gasteiger partial charge is 0.362 e. The summed E-state index contributed by atoms with van der Waals surface area (Å²) in [6.07, 6.45) is 1.62. The van der Waals surface area contributed by atoms with Crippen LogP contribution in [0.1, 0.15) is 19.8 Å². The minimum absolute atomic E-state index is 0.0463. The number of nitrogens with zero attached hydrogens (tertiary/aromatic N) is 1. The van der Waals surface area contributed by atoms with Crippen molar-refractivity contribution in [1.29, 1.82) is 0 Å². The van der Waals surface area contributed by atoms with E-state index in [1.165, 1.54) is 0 Å². The van der Waals surface area contributed by atoms with E-state index >= 15 is 0 Å². The summed E-state index contributed by atoms with van der Waals surface area (Å²) in [4.78, 5) is 12.8. The second-order valence-electron chi connectivity index (χ2n) is 2.53. The fraction of sp³-hybridized carbons (Fsp3) is 0.857. The zero-order chi connectivity index (χ0) is 7.56. The maximum Gasteiger partial charge on any atom is 0.224 e. The molecule has 1 aliphatic rings. The van der Waals surface area contributed by atoms with Crippen LogP contribution < -0.4 is 0 Å². The van der Waals surface area contributed by atoms with Crippen LogP contribution in [0.3, 0.4) is 0 Å². The van der Waals surface area contributed by atoms with E-state index in [4.69, 9.17) is 4.74 Å². The van der Waals surface area contributed by atoms with E-state index in [1.54, 1.807) is 12.0 Å². The van der Waals surface area contributed by atoms with Gasteiger partial charge in [-0.1, -0.05) is 0 Å². The standard InChI is InChI=1S/C7H13NO2/c1-6(10-2)8-5-3-4-7(8)9/h6H,3-5H2,1-2H3. The van der Waals surface area contributed by atoms with Crippen LogP contribution >= 0.6 is 0 Å². The van der Waals surface area contributed by atoms with Crippen molar-refractivity contribution in [3.05, 3.63) is 0 Å². The Kier molecular flexibility index (Phi) is 2.27. The molecular weight excluding hydrogens is 130 g/mol. The van der Waals surface area contributed by atoms with Gasteiger partial charge in [0.25, 0.3) is 0 Å². The van der Waals surface area contributed by atoms with Crippen LogP contribution in [0.4, 0.5) is 0 Å². The van der Waals surface area contributed by atoms with E-state index < -0.39 is 0 Å². The molecule has 1 rings (SSSR count). The highest BCUT2D eigenvalue weighted by Gasteiger charge is 2.24. The van der Waals surface area contributed by atoms with Crippen LogP contribution in [0.25, 0.3) is 0 Å². The summed E-state index contributed by atoms with van der Waals surface area (Å²) in [6.45, 7) is 2.75. The topological polar surface area (TPSA) is 29.5 Å². The predicted octanol–water partition coefficient (Wildman–Crippen LogP) is 0.601. The van der Waals surface area contributed by atoms with Gasteiger partial charge in [-0.05, 0) is 13.3 Å². The van der Waals surface area contributed by atoms with Crippen molar-refractivity contribution in [2.45, 2.75) is 26.0 Å². The average Bonchev–Trinajstić information content (AvgIpc) is 2.34. The number of amides is 1. The normalized spacial score (nSPS) is 21.8. The minimum atomic E-state index is -0.0463. The Labute approximate surface area is 61.0 Å². The first kappa shape index (κ1) is 7.54. The van der Waals surface area contributed by atoms with Crippen molar-refractivity contribution in [3.63, 3.8) is 0 Å². The highest BCUT2D eigenvalue weighted by Crippen LogP contribution is 2.12. The molecule has 0 aromatic rings. The summed E-state index contributed by atoms with van der Waals surface area (Å²) in [5, 5.41) is 0. The van der Waals surface area contributed by atoms with Gasteiger partial charge in [0.1, 0.15) is 6.23 Å². The van der Waals surface area contributed by atoms with Crippen LogP contribution in [-0.4, -0.2) is 30.7 Å². The van der Waals surface area contributed by atoms with E-state index in [0.717, 1.165) is 13.0 Å². The maximum absolute atomic E-state index is 11.0. The van der Waals surface area contributed by atoms with Crippen LogP contribution in [0.15, 0.2) is 0 Å². The zero-order valence-corrected chi connectivity index (χ0v) is 6.46. The summed E-state index contributed by atoms with van der Waals surface area (Å²) in [5.41, 5.74) is 0. The number of hydrogen-bond donors (Lipinski definition) is 0. The van der Waals surface area contributed by atoms with Crippen molar-refractivity contribution in [2.75, 3.05) is 13.7 Å². The summed E-state index contributed by atoms with van der Waals surface area (Å²) in [6, 6.07) is 0.